The second-order valence-corrected chi connectivity index (χ2v) is 12.5. The van der Waals surface area contributed by atoms with E-state index < -0.39 is 15.4 Å². The van der Waals surface area contributed by atoms with Crippen LogP contribution in [0.4, 0.5) is 0 Å². The SMILES string of the molecule is CC(C)(c1ccc(-c2ccc([C@H]3C[C@H](NS(C)(=O)=O)C3)nc2)cc1)c1cc(Cl)c(OCCCl)c(C#N)c1. The van der Waals surface area contributed by atoms with Crippen molar-refractivity contribution >= 4 is 33.2 Å². The average Bonchev–Trinajstić information content (AvgIpc) is 2.84. The van der Waals surface area contributed by atoms with Crippen LogP contribution >= 0.6 is 23.2 Å². The van der Waals surface area contributed by atoms with Gasteiger partial charge in [0.2, 0.25) is 10.0 Å². The van der Waals surface area contributed by atoms with E-state index >= 15 is 0 Å². The number of hydrogen-bond acceptors (Lipinski definition) is 5. The fraction of sp³-hybridized carbons (Fsp3) is 0.357. The molecule has 3 aromatic rings. The van der Waals surface area contributed by atoms with Crippen LogP contribution in [-0.2, 0) is 15.4 Å². The number of alkyl halides is 1. The maximum Gasteiger partial charge on any atom is 0.208 e. The lowest BCUT2D eigenvalue weighted by Gasteiger charge is -2.34. The molecule has 0 bridgehead atoms. The van der Waals surface area contributed by atoms with Gasteiger partial charge < -0.3 is 4.74 Å². The van der Waals surface area contributed by atoms with Crippen LogP contribution in [0.25, 0.3) is 11.1 Å². The highest BCUT2D eigenvalue weighted by atomic mass is 35.5. The lowest BCUT2D eigenvalue weighted by atomic mass is 9.77. The van der Waals surface area contributed by atoms with Gasteiger partial charge in [0.05, 0.1) is 22.7 Å². The number of aromatic nitrogens is 1. The van der Waals surface area contributed by atoms with Crippen LogP contribution < -0.4 is 9.46 Å². The Bertz CT molecular complexity index is 1410. The molecule has 9 heteroatoms. The van der Waals surface area contributed by atoms with Gasteiger partial charge in [0, 0.05) is 34.8 Å². The van der Waals surface area contributed by atoms with E-state index in [0.717, 1.165) is 40.8 Å². The normalized spacial score (nSPS) is 17.6. The van der Waals surface area contributed by atoms with E-state index in [-0.39, 0.29) is 18.6 Å². The molecule has 0 unspecified atom stereocenters. The number of nitrogens with zero attached hydrogens (tertiary/aromatic N) is 2. The third-order valence-electron chi connectivity index (χ3n) is 6.87. The van der Waals surface area contributed by atoms with Gasteiger partial charge in [-0.25, -0.2) is 13.1 Å². The minimum atomic E-state index is -3.18. The number of rotatable bonds is 9. The Kier molecular flexibility index (Phi) is 8.15. The van der Waals surface area contributed by atoms with Gasteiger partial charge in [-0.05, 0) is 47.7 Å². The van der Waals surface area contributed by atoms with Gasteiger partial charge in [0.25, 0.3) is 0 Å². The van der Waals surface area contributed by atoms with Crippen molar-refractivity contribution in [1.29, 1.82) is 5.26 Å². The molecule has 0 radical (unpaired) electrons. The highest BCUT2D eigenvalue weighted by Crippen LogP contribution is 2.39. The molecule has 0 aliphatic heterocycles. The van der Waals surface area contributed by atoms with Crippen LogP contribution in [0.5, 0.6) is 5.75 Å². The smallest absolute Gasteiger partial charge is 0.208 e. The first-order chi connectivity index (χ1) is 17.5. The first-order valence-electron chi connectivity index (χ1n) is 12.0. The molecular weight excluding hydrogens is 529 g/mol. The Morgan fingerprint density at radius 2 is 1.78 bits per heavy atom. The number of halogens is 2. The highest BCUT2D eigenvalue weighted by Gasteiger charge is 2.33. The van der Waals surface area contributed by atoms with Gasteiger partial charge in [-0.1, -0.05) is 55.8 Å². The predicted molar refractivity (Wildman–Crippen MR) is 148 cm³/mol. The third kappa shape index (κ3) is 6.27. The largest absolute Gasteiger partial charge is 0.489 e. The quantitative estimate of drug-likeness (QED) is 0.325. The second-order valence-electron chi connectivity index (χ2n) is 9.91. The summed E-state index contributed by atoms with van der Waals surface area (Å²) in [5, 5.41) is 10.0. The van der Waals surface area contributed by atoms with E-state index in [1.54, 1.807) is 0 Å². The molecule has 37 heavy (non-hydrogen) atoms. The maximum absolute atomic E-state index is 11.4. The van der Waals surface area contributed by atoms with E-state index in [9.17, 15) is 13.7 Å². The summed E-state index contributed by atoms with van der Waals surface area (Å²) in [5.41, 5.74) is 5.01. The van der Waals surface area contributed by atoms with E-state index in [4.69, 9.17) is 27.9 Å². The van der Waals surface area contributed by atoms with Gasteiger partial charge >= 0.3 is 0 Å². The molecule has 194 valence electrons. The zero-order valence-electron chi connectivity index (χ0n) is 21.0. The zero-order valence-corrected chi connectivity index (χ0v) is 23.3. The summed E-state index contributed by atoms with van der Waals surface area (Å²) in [6.07, 6.45) is 4.58. The molecule has 1 aliphatic carbocycles. The Morgan fingerprint density at radius 1 is 1.11 bits per heavy atom. The molecule has 0 spiro atoms. The van der Waals surface area contributed by atoms with E-state index in [1.807, 2.05) is 24.4 Å². The van der Waals surface area contributed by atoms with Crippen molar-refractivity contribution in [1.82, 2.24) is 9.71 Å². The van der Waals surface area contributed by atoms with Crippen molar-refractivity contribution in [2.75, 3.05) is 18.7 Å². The summed E-state index contributed by atoms with van der Waals surface area (Å²) in [7, 11) is -3.18. The predicted octanol–water partition coefficient (Wildman–Crippen LogP) is 6.01. The van der Waals surface area contributed by atoms with Crippen LogP contribution in [0.2, 0.25) is 5.02 Å². The highest BCUT2D eigenvalue weighted by molar-refractivity contribution is 7.88. The van der Waals surface area contributed by atoms with Crippen LogP contribution in [0, 0.1) is 11.3 Å². The molecule has 6 nitrogen and oxygen atoms in total. The molecule has 0 atom stereocenters. The van der Waals surface area contributed by atoms with Gasteiger partial charge in [0.1, 0.15) is 12.7 Å². The monoisotopic (exact) mass is 557 g/mol. The molecule has 1 heterocycles. The van der Waals surface area contributed by atoms with Gasteiger partial charge in [-0.15, -0.1) is 11.6 Å². The fourth-order valence-electron chi connectivity index (χ4n) is 4.65. The summed E-state index contributed by atoms with van der Waals surface area (Å²) < 4.78 is 31.0. The van der Waals surface area contributed by atoms with E-state index in [2.05, 4.69) is 60.0 Å². The molecule has 1 saturated carbocycles. The summed E-state index contributed by atoms with van der Waals surface area (Å²) in [6.45, 7) is 4.46. The first kappa shape index (κ1) is 27.4. The van der Waals surface area contributed by atoms with Gasteiger partial charge in [-0.2, -0.15) is 5.26 Å². The summed E-state index contributed by atoms with van der Waals surface area (Å²) in [4.78, 5) is 4.64. The zero-order chi connectivity index (χ0) is 26.8. The van der Waals surface area contributed by atoms with Crippen LogP contribution in [0.1, 0.15) is 55.0 Å². The molecule has 1 fully saturated rings. The van der Waals surface area contributed by atoms with Crippen molar-refractivity contribution in [3.63, 3.8) is 0 Å². The first-order valence-corrected chi connectivity index (χ1v) is 14.8. The van der Waals surface area contributed by atoms with Gasteiger partial charge in [0.15, 0.2) is 5.75 Å². The number of pyridine rings is 1. The summed E-state index contributed by atoms with van der Waals surface area (Å²) in [6, 6.07) is 18.2. The Morgan fingerprint density at radius 3 is 2.35 bits per heavy atom. The molecule has 4 rings (SSSR count). The Balaban J connectivity index is 1.49. The van der Waals surface area contributed by atoms with Crippen molar-refractivity contribution in [3.05, 3.63) is 82.1 Å². The standard InChI is InChI=1S/C28H29Cl2N3O3S/c1-28(2,23-12-21(16-31)27(25(30)15-23)36-11-10-29)22-7-4-18(5-8-22)19-6-9-26(32-17-19)20-13-24(14-20)33-37(3,34)35/h4-9,12,15,17,20,24,33H,10-11,13-14H2,1-3H3/t20-,24-. The lowest BCUT2D eigenvalue weighted by molar-refractivity contribution is 0.321. The number of benzene rings is 2. The number of sulfonamides is 1. The number of ether oxygens (including phenoxy) is 1. The molecular formula is C28H29Cl2N3O3S. The Labute approximate surface area is 228 Å². The average molecular weight is 559 g/mol. The maximum atomic E-state index is 11.4. The second kappa shape index (κ2) is 11.0. The van der Waals surface area contributed by atoms with E-state index in [0.29, 0.717) is 22.2 Å². The lowest BCUT2D eigenvalue weighted by Crippen LogP contribution is -2.42. The number of nitrogens with one attached hydrogen (secondary N) is 1. The minimum absolute atomic E-state index is 0.00846. The fourth-order valence-corrected chi connectivity index (χ4v) is 5.80. The van der Waals surface area contributed by atoms with Crippen molar-refractivity contribution in [3.8, 4) is 22.9 Å². The van der Waals surface area contributed by atoms with Crippen LogP contribution in [0.15, 0.2) is 54.7 Å². The minimum Gasteiger partial charge on any atom is -0.489 e. The molecule has 1 aliphatic rings. The molecule has 0 amide bonds. The van der Waals surface area contributed by atoms with Crippen molar-refractivity contribution < 1.29 is 13.2 Å². The van der Waals surface area contributed by atoms with Gasteiger partial charge in [-0.3, -0.25) is 4.98 Å². The van der Waals surface area contributed by atoms with Crippen LogP contribution in [0.3, 0.4) is 0 Å². The van der Waals surface area contributed by atoms with Crippen molar-refractivity contribution in [2.24, 2.45) is 0 Å². The Hall–Kier alpha value is -2.63. The molecule has 1 N–H and O–H groups in total. The molecule has 1 aromatic heterocycles. The number of nitriles is 1. The number of hydrogen-bond donors (Lipinski definition) is 1. The molecule has 2 aromatic carbocycles. The summed E-state index contributed by atoms with van der Waals surface area (Å²) in [5.74, 6) is 0.941. The van der Waals surface area contributed by atoms with Crippen molar-refractivity contribution in [2.45, 2.75) is 44.1 Å². The molecule has 0 saturated heterocycles. The van der Waals surface area contributed by atoms with Crippen LogP contribution in [-0.4, -0.2) is 38.2 Å². The third-order valence-corrected chi connectivity index (χ3v) is 8.07. The van der Waals surface area contributed by atoms with E-state index in [1.165, 1.54) is 6.26 Å². The summed E-state index contributed by atoms with van der Waals surface area (Å²) >= 11 is 12.2. The topological polar surface area (TPSA) is 92.1 Å².